The van der Waals surface area contributed by atoms with Crippen LogP contribution in [-0.2, 0) is 9.59 Å². The average Bonchev–Trinajstić information content (AvgIpc) is 2.58. The number of amides is 2. The molecule has 2 aromatic carbocycles. The second kappa shape index (κ2) is 8.84. The summed E-state index contributed by atoms with van der Waals surface area (Å²) in [6, 6.07) is 13.8. The number of hydrogen-bond donors (Lipinski definition) is 3. The van der Waals surface area contributed by atoms with Crippen LogP contribution in [0.3, 0.4) is 0 Å². The van der Waals surface area contributed by atoms with Gasteiger partial charge in [0, 0.05) is 20.0 Å². The average molecular weight is 325 g/mol. The number of hydrogen-bond acceptors (Lipinski definition) is 3. The minimum Gasteiger partial charge on any atom is -0.349 e. The number of fused-ring (bicyclic) bond motifs is 1. The Bertz CT molecular complexity index is 748. The summed E-state index contributed by atoms with van der Waals surface area (Å²) in [4.78, 5) is 23.8. The summed E-state index contributed by atoms with van der Waals surface area (Å²) >= 11 is 0. The van der Waals surface area contributed by atoms with Crippen molar-refractivity contribution in [2.24, 2.45) is 0 Å². The molecule has 126 valence electrons. The first kappa shape index (κ1) is 17.7. The van der Waals surface area contributed by atoms with Crippen molar-refractivity contribution in [2.45, 2.75) is 13.8 Å². The highest BCUT2D eigenvalue weighted by molar-refractivity contribution is 6.03. The molecule has 0 aliphatic heterocycles. The molecule has 0 heterocycles. The Labute approximate surface area is 142 Å². The highest BCUT2D eigenvalue weighted by Crippen LogP contribution is 2.20. The fourth-order valence-corrected chi connectivity index (χ4v) is 2.42. The van der Waals surface area contributed by atoms with Crippen LogP contribution in [0.15, 0.2) is 48.2 Å². The smallest absolute Gasteiger partial charge is 0.267 e. The quantitative estimate of drug-likeness (QED) is 0.539. The molecule has 5 heteroatoms. The molecule has 2 aromatic rings. The Morgan fingerprint density at radius 3 is 2.54 bits per heavy atom. The fraction of sp³-hybridized carbons (Fsp3) is 0.263. The summed E-state index contributed by atoms with van der Waals surface area (Å²) < 4.78 is 0. The zero-order valence-electron chi connectivity index (χ0n) is 14.1. The number of benzene rings is 2. The maximum atomic E-state index is 12.4. The maximum absolute atomic E-state index is 12.4. The van der Waals surface area contributed by atoms with Gasteiger partial charge in [-0.2, -0.15) is 0 Å². The zero-order chi connectivity index (χ0) is 17.4. The van der Waals surface area contributed by atoms with Crippen LogP contribution < -0.4 is 16.0 Å². The molecule has 0 aliphatic carbocycles. The summed E-state index contributed by atoms with van der Waals surface area (Å²) in [6.07, 6.45) is 1.71. The largest absolute Gasteiger partial charge is 0.349 e. The van der Waals surface area contributed by atoms with E-state index < -0.39 is 0 Å². The van der Waals surface area contributed by atoms with Gasteiger partial charge in [-0.05, 0) is 29.0 Å². The van der Waals surface area contributed by atoms with E-state index in [1.54, 1.807) is 6.08 Å². The summed E-state index contributed by atoms with van der Waals surface area (Å²) in [5, 5.41) is 10.7. The van der Waals surface area contributed by atoms with Crippen molar-refractivity contribution in [1.29, 1.82) is 0 Å². The minimum atomic E-state index is -0.295. The highest BCUT2D eigenvalue weighted by atomic mass is 16.2. The van der Waals surface area contributed by atoms with Crippen LogP contribution in [0.25, 0.3) is 16.8 Å². The van der Waals surface area contributed by atoms with Crippen LogP contribution in [-0.4, -0.2) is 31.4 Å². The normalized spacial score (nSPS) is 11.3. The summed E-state index contributed by atoms with van der Waals surface area (Å²) in [5.41, 5.74) is 1.13. The molecule has 5 nitrogen and oxygen atoms in total. The van der Waals surface area contributed by atoms with Crippen LogP contribution in [0, 0.1) is 0 Å². The van der Waals surface area contributed by atoms with Gasteiger partial charge in [-0.15, -0.1) is 0 Å². The topological polar surface area (TPSA) is 70.2 Å². The molecule has 24 heavy (non-hydrogen) atoms. The van der Waals surface area contributed by atoms with Crippen LogP contribution in [0.2, 0.25) is 0 Å². The van der Waals surface area contributed by atoms with Crippen molar-refractivity contribution in [1.82, 2.24) is 16.0 Å². The predicted molar refractivity (Wildman–Crippen MR) is 97.3 cm³/mol. The maximum Gasteiger partial charge on any atom is 0.267 e. The van der Waals surface area contributed by atoms with E-state index >= 15 is 0 Å². The molecule has 0 atom stereocenters. The lowest BCUT2D eigenvalue weighted by Gasteiger charge is -2.11. The van der Waals surface area contributed by atoms with E-state index in [1.165, 1.54) is 6.92 Å². The third-order valence-corrected chi connectivity index (χ3v) is 3.52. The van der Waals surface area contributed by atoms with Gasteiger partial charge in [-0.1, -0.05) is 49.4 Å². The molecule has 2 amide bonds. The van der Waals surface area contributed by atoms with E-state index in [4.69, 9.17) is 0 Å². The molecule has 0 saturated carbocycles. The Balaban J connectivity index is 2.27. The van der Waals surface area contributed by atoms with E-state index in [0.29, 0.717) is 13.1 Å². The van der Waals surface area contributed by atoms with E-state index in [1.807, 2.05) is 49.4 Å². The molecule has 0 fully saturated rings. The van der Waals surface area contributed by atoms with Gasteiger partial charge >= 0.3 is 0 Å². The highest BCUT2D eigenvalue weighted by Gasteiger charge is 2.11. The number of carbonyl (C=O) groups is 2. The van der Waals surface area contributed by atoms with Crippen molar-refractivity contribution in [3.63, 3.8) is 0 Å². The van der Waals surface area contributed by atoms with E-state index in [9.17, 15) is 9.59 Å². The van der Waals surface area contributed by atoms with E-state index in [-0.39, 0.29) is 17.5 Å². The van der Waals surface area contributed by atoms with Gasteiger partial charge in [0.25, 0.3) is 5.91 Å². The van der Waals surface area contributed by atoms with E-state index in [2.05, 4.69) is 16.0 Å². The molecule has 0 bridgehead atoms. The van der Waals surface area contributed by atoms with Gasteiger partial charge in [-0.3, -0.25) is 9.59 Å². The van der Waals surface area contributed by atoms with Crippen LogP contribution >= 0.6 is 0 Å². The Kier molecular flexibility index (Phi) is 6.51. The van der Waals surface area contributed by atoms with Gasteiger partial charge in [0.1, 0.15) is 5.70 Å². The second-order valence-electron chi connectivity index (χ2n) is 5.42. The first-order valence-electron chi connectivity index (χ1n) is 8.07. The lowest BCUT2D eigenvalue weighted by Crippen LogP contribution is -2.37. The summed E-state index contributed by atoms with van der Waals surface area (Å²) in [7, 11) is 0. The number of likely N-dealkylation sites (N-methyl/N-ethyl adjacent to an activating group) is 1. The molecule has 0 aromatic heterocycles. The molecule has 0 aliphatic rings. The third-order valence-electron chi connectivity index (χ3n) is 3.52. The predicted octanol–water partition coefficient (Wildman–Crippen LogP) is 2.04. The van der Waals surface area contributed by atoms with Crippen molar-refractivity contribution in [3.8, 4) is 0 Å². The van der Waals surface area contributed by atoms with Gasteiger partial charge in [-0.25, -0.2) is 0 Å². The molecular formula is C19H23N3O2. The monoisotopic (exact) mass is 325 g/mol. The van der Waals surface area contributed by atoms with Gasteiger partial charge in [0.05, 0.1) is 0 Å². The molecule has 0 saturated heterocycles. The standard InChI is InChI=1S/C19H23N3O2/c1-3-20-11-12-21-19(24)18(22-14(2)23)13-16-9-6-8-15-7-4-5-10-17(15)16/h4-10,13,20H,3,11-12H2,1-2H3,(H,21,24)(H,22,23)/b18-13-. The third kappa shape index (κ3) is 4.93. The second-order valence-corrected chi connectivity index (χ2v) is 5.42. The first-order chi connectivity index (χ1) is 11.6. The van der Waals surface area contributed by atoms with Crippen LogP contribution in [0.5, 0.6) is 0 Å². The van der Waals surface area contributed by atoms with Crippen molar-refractivity contribution in [3.05, 3.63) is 53.7 Å². The number of rotatable bonds is 7. The number of carbonyl (C=O) groups excluding carboxylic acids is 2. The fourth-order valence-electron chi connectivity index (χ4n) is 2.42. The molecule has 0 spiro atoms. The molecule has 3 N–H and O–H groups in total. The SMILES string of the molecule is CCNCCNC(=O)/C(=C/c1cccc2ccccc12)NC(C)=O. The molecule has 0 radical (unpaired) electrons. The Morgan fingerprint density at radius 1 is 1.04 bits per heavy atom. The van der Waals surface area contributed by atoms with Crippen LogP contribution in [0.1, 0.15) is 19.4 Å². The van der Waals surface area contributed by atoms with Gasteiger partial charge in [0.15, 0.2) is 0 Å². The first-order valence-corrected chi connectivity index (χ1v) is 8.07. The molecule has 2 rings (SSSR count). The van der Waals surface area contributed by atoms with Crippen molar-refractivity contribution < 1.29 is 9.59 Å². The lowest BCUT2D eigenvalue weighted by molar-refractivity contribution is -0.122. The summed E-state index contributed by atoms with van der Waals surface area (Å²) in [5.74, 6) is -0.570. The van der Waals surface area contributed by atoms with E-state index in [0.717, 1.165) is 22.9 Å². The van der Waals surface area contributed by atoms with Gasteiger partial charge in [0.2, 0.25) is 5.91 Å². The lowest BCUT2D eigenvalue weighted by atomic mass is 10.0. The zero-order valence-corrected chi connectivity index (χ0v) is 14.1. The van der Waals surface area contributed by atoms with Crippen molar-refractivity contribution >= 4 is 28.7 Å². The number of nitrogens with one attached hydrogen (secondary N) is 3. The Morgan fingerprint density at radius 2 is 1.79 bits per heavy atom. The molecule has 0 unspecified atom stereocenters. The molecular weight excluding hydrogens is 302 g/mol. The van der Waals surface area contributed by atoms with Gasteiger partial charge < -0.3 is 16.0 Å². The van der Waals surface area contributed by atoms with Crippen molar-refractivity contribution in [2.75, 3.05) is 19.6 Å². The summed E-state index contributed by atoms with van der Waals surface area (Å²) in [6.45, 7) is 5.43. The van der Waals surface area contributed by atoms with Crippen LogP contribution in [0.4, 0.5) is 0 Å². The Hall–Kier alpha value is -2.66. The minimum absolute atomic E-state index is 0.246.